The van der Waals surface area contributed by atoms with E-state index in [2.05, 4.69) is 5.32 Å². The second kappa shape index (κ2) is 9.55. The van der Waals surface area contributed by atoms with E-state index in [1.807, 2.05) is 0 Å². The monoisotopic (exact) mass is 415 g/mol. The van der Waals surface area contributed by atoms with Crippen LogP contribution >= 0.6 is 0 Å². The van der Waals surface area contributed by atoms with Crippen molar-refractivity contribution in [2.24, 2.45) is 0 Å². The molecule has 0 spiro atoms. The molecule has 0 bridgehead atoms. The first-order valence-corrected chi connectivity index (χ1v) is 8.88. The Morgan fingerprint density at radius 2 is 1.67 bits per heavy atom. The Labute approximate surface area is 173 Å². The lowest BCUT2D eigenvalue weighted by atomic mass is 10.1. The zero-order valence-electron chi connectivity index (χ0n) is 16.7. The number of ether oxygens (including phenoxy) is 6. The number of rotatable bonds is 8. The third-order valence-electron chi connectivity index (χ3n) is 4.14. The largest absolute Gasteiger partial charge is 0.496 e. The Morgan fingerprint density at radius 1 is 0.967 bits per heavy atom. The summed E-state index contributed by atoms with van der Waals surface area (Å²) < 4.78 is 31.2. The highest BCUT2D eigenvalue weighted by Gasteiger charge is 2.15. The summed E-state index contributed by atoms with van der Waals surface area (Å²) in [4.78, 5) is 24.0. The maximum atomic E-state index is 12.0. The molecule has 0 atom stereocenters. The van der Waals surface area contributed by atoms with Crippen LogP contribution in [0.1, 0.15) is 5.56 Å². The molecule has 0 saturated carbocycles. The lowest BCUT2D eigenvalue weighted by Crippen LogP contribution is -2.20. The molecule has 1 N–H and O–H groups in total. The van der Waals surface area contributed by atoms with Crippen LogP contribution < -0.4 is 29.0 Å². The Kier molecular flexibility index (Phi) is 6.63. The normalized spacial score (nSPS) is 11.8. The van der Waals surface area contributed by atoms with Crippen LogP contribution in [0.4, 0.5) is 5.69 Å². The summed E-state index contributed by atoms with van der Waals surface area (Å²) >= 11 is 0. The maximum Gasteiger partial charge on any atom is 0.331 e. The van der Waals surface area contributed by atoms with E-state index < -0.39 is 18.5 Å². The number of amides is 1. The minimum Gasteiger partial charge on any atom is -0.496 e. The number of benzene rings is 2. The van der Waals surface area contributed by atoms with Gasteiger partial charge < -0.3 is 33.7 Å². The van der Waals surface area contributed by atoms with E-state index in [1.54, 1.807) is 30.3 Å². The summed E-state index contributed by atoms with van der Waals surface area (Å²) in [6, 6.07) is 8.28. The highest BCUT2D eigenvalue weighted by atomic mass is 16.7. The van der Waals surface area contributed by atoms with Gasteiger partial charge in [0.15, 0.2) is 29.6 Å². The molecular weight excluding hydrogens is 394 g/mol. The Morgan fingerprint density at radius 3 is 2.40 bits per heavy atom. The Bertz CT molecular complexity index is 970. The predicted octanol–water partition coefficient (Wildman–Crippen LogP) is 2.64. The van der Waals surface area contributed by atoms with Crippen LogP contribution in [0.25, 0.3) is 6.08 Å². The fourth-order valence-electron chi connectivity index (χ4n) is 2.70. The molecule has 0 aromatic heterocycles. The molecule has 30 heavy (non-hydrogen) atoms. The molecule has 0 unspecified atom stereocenters. The van der Waals surface area contributed by atoms with E-state index in [-0.39, 0.29) is 6.79 Å². The number of hydrogen-bond acceptors (Lipinski definition) is 8. The third kappa shape index (κ3) is 4.93. The van der Waals surface area contributed by atoms with E-state index in [0.717, 1.165) is 0 Å². The molecule has 2 aromatic carbocycles. The Hall–Kier alpha value is -3.88. The van der Waals surface area contributed by atoms with Crippen LogP contribution in [0, 0.1) is 0 Å². The van der Waals surface area contributed by atoms with Crippen molar-refractivity contribution in [1.82, 2.24) is 0 Å². The van der Waals surface area contributed by atoms with Crippen LogP contribution in [0.15, 0.2) is 36.4 Å². The van der Waals surface area contributed by atoms with Crippen molar-refractivity contribution >= 4 is 23.6 Å². The molecule has 9 heteroatoms. The van der Waals surface area contributed by atoms with Gasteiger partial charge in [0.25, 0.3) is 5.91 Å². The van der Waals surface area contributed by atoms with Gasteiger partial charge in [-0.05, 0) is 24.3 Å². The Balaban J connectivity index is 1.56. The molecule has 158 valence electrons. The fourth-order valence-corrected chi connectivity index (χ4v) is 2.70. The van der Waals surface area contributed by atoms with Crippen LogP contribution in [0.5, 0.6) is 28.7 Å². The van der Waals surface area contributed by atoms with E-state index in [9.17, 15) is 9.59 Å². The average molecular weight is 415 g/mol. The quantitative estimate of drug-likeness (QED) is 0.519. The summed E-state index contributed by atoms with van der Waals surface area (Å²) in [6.07, 6.45) is 2.69. The van der Waals surface area contributed by atoms with Crippen molar-refractivity contribution in [2.75, 3.05) is 40.0 Å². The highest BCUT2D eigenvalue weighted by Crippen LogP contribution is 2.35. The zero-order chi connectivity index (χ0) is 21.5. The number of hydrogen-bond donors (Lipinski definition) is 1. The smallest absolute Gasteiger partial charge is 0.331 e. The first-order chi connectivity index (χ1) is 14.5. The van der Waals surface area contributed by atoms with E-state index in [1.165, 1.54) is 33.5 Å². The molecule has 1 amide bonds. The van der Waals surface area contributed by atoms with Crippen molar-refractivity contribution < 1.29 is 38.0 Å². The van der Waals surface area contributed by atoms with Gasteiger partial charge in [0.2, 0.25) is 6.79 Å². The summed E-state index contributed by atoms with van der Waals surface area (Å²) in [7, 11) is 4.51. The van der Waals surface area contributed by atoms with Crippen molar-refractivity contribution in [3.8, 4) is 28.7 Å². The third-order valence-corrected chi connectivity index (χ3v) is 4.14. The second-order valence-electron chi connectivity index (χ2n) is 6.01. The van der Waals surface area contributed by atoms with Gasteiger partial charge in [0, 0.05) is 29.5 Å². The summed E-state index contributed by atoms with van der Waals surface area (Å²) in [5.74, 6) is 1.43. The van der Waals surface area contributed by atoms with Gasteiger partial charge in [-0.1, -0.05) is 0 Å². The molecule has 3 rings (SSSR count). The molecule has 2 aromatic rings. The highest BCUT2D eigenvalue weighted by molar-refractivity contribution is 5.95. The molecule has 0 saturated heterocycles. The summed E-state index contributed by atoms with van der Waals surface area (Å²) in [5.41, 5.74) is 1.09. The standard InChI is InChI=1S/C21H21NO8/c1-25-16-10-18(27-3)17(26-2)8-13(16)4-7-21(24)28-11-20(23)22-14-5-6-15-19(9-14)30-12-29-15/h4-10H,11-12H2,1-3H3,(H,22,23)/b7-4+. The number of fused-ring (bicyclic) bond motifs is 1. The topological polar surface area (TPSA) is 102 Å². The van der Waals surface area contributed by atoms with Crippen LogP contribution in [-0.2, 0) is 14.3 Å². The summed E-state index contributed by atoms with van der Waals surface area (Å²) in [6.45, 7) is -0.303. The van der Waals surface area contributed by atoms with E-state index in [4.69, 9.17) is 28.4 Å². The molecule has 1 aliphatic heterocycles. The SMILES string of the molecule is COc1cc(OC)c(OC)cc1/C=C/C(=O)OCC(=O)Nc1ccc2c(c1)OCO2. The maximum absolute atomic E-state index is 12.0. The van der Waals surface area contributed by atoms with Gasteiger partial charge in [0.05, 0.1) is 21.3 Å². The molecule has 1 aliphatic rings. The van der Waals surface area contributed by atoms with Crippen LogP contribution in [-0.4, -0.2) is 46.6 Å². The number of anilines is 1. The zero-order valence-corrected chi connectivity index (χ0v) is 16.7. The van der Waals surface area contributed by atoms with Gasteiger partial charge in [-0.15, -0.1) is 0 Å². The van der Waals surface area contributed by atoms with Crippen LogP contribution in [0.3, 0.4) is 0 Å². The van der Waals surface area contributed by atoms with Crippen LogP contribution in [0.2, 0.25) is 0 Å². The van der Waals surface area contributed by atoms with Gasteiger partial charge in [-0.3, -0.25) is 4.79 Å². The predicted molar refractivity (Wildman–Crippen MR) is 107 cm³/mol. The fraction of sp³-hybridized carbons (Fsp3) is 0.238. The van der Waals surface area contributed by atoms with Crippen molar-refractivity contribution in [1.29, 1.82) is 0 Å². The van der Waals surface area contributed by atoms with Gasteiger partial charge in [-0.2, -0.15) is 0 Å². The first-order valence-electron chi connectivity index (χ1n) is 8.88. The second-order valence-corrected chi connectivity index (χ2v) is 6.01. The number of esters is 1. The van der Waals surface area contributed by atoms with E-state index >= 15 is 0 Å². The average Bonchev–Trinajstić information content (AvgIpc) is 3.23. The van der Waals surface area contributed by atoms with E-state index in [0.29, 0.717) is 40.0 Å². The van der Waals surface area contributed by atoms with Crippen molar-refractivity contribution in [2.45, 2.75) is 0 Å². The first kappa shape index (κ1) is 20.8. The van der Waals surface area contributed by atoms with Gasteiger partial charge >= 0.3 is 5.97 Å². The molecule has 0 aliphatic carbocycles. The van der Waals surface area contributed by atoms with Crippen molar-refractivity contribution in [3.05, 3.63) is 42.0 Å². The number of methoxy groups -OCH3 is 3. The minimum atomic E-state index is -0.687. The number of nitrogens with one attached hydrogen (secondary N) is 1. The molecule has 1 heterocycles. The number of carbonyl (C=O) groups is 2. The minimum absolute atomic E-state index is 0.140. The molecule has 0 fully saturated rings. The lowest BCUT2D eigenvalue weighted by Gasteiger charge is -2.12. The molecule has 0 radical (unpaired) electrons. The van der Waals surface area contributed by atoms with Gasteiger partial charge in [0.1, 0.15) is 5.75 Å². The molecular formula is C21H21NO8. The lowest BCUT2D eigenvalue weighted by molar-refractivity contribution is -0.142. The number of carbonyl (C=O) groups excluding carboxylic acids is 2. The molecule has 9 nitrogen and oxygen atoms in total. The van der Waals surface area contributed by atoms with Crippen molar-refractivity contribution in [3.63, 3.8) is 0 Å². The summed E-state index contributed by atoms with van der Waals surface area (Å²) in [5, 5.41) is 2.62. The van der Waals surface area contributed by atoms with Gasteiger partial charge in [-0.25, -0.2) is 4.79 Å².